The molecule has 0 bridgehead atoms. The third kappa shape index (κ3) is 2.80. The van der Waals surface area contributed by atoms with E-state index in [9.17, 15) is 4.39 Å². The van der Waals surface area contributed by atoms with Crippen molar-refractivity contribution < 1.29 is 4.39 Å². The molecule has 0 aliphatic carbocycles. The first kappa shape index (κ1) is 14.9. The summed E-state index contributed by atoms with van der Waals surface area (Å²) in [5.41, 5.74) is 7.62. The summed E-state index contributed by atoms with van der Waals surface area (Å²) in [6.45, 7) is 7.12. The van der Waals surface area contributed by atoms with E-state index in [4.69, 9.17) is 17.3 Å². The summed E-state index contributed by atoms with van der Waals surface area (Å²) in [5.74, 6) is 1.58. The molecule has 0 amide bonds. The van der Waals surface area contributed by atoms with E-state index < -0.39 is 5.82 Å². The van der Waals surface area contributed by atoms with Crippen molar-refractivity contribution in [2.24, 2.45) is 5.92 Å². The molecule has 0 atom stereocenters. The van der Waals surface area contributed by atoms with Gasteiger partial charge in [0.05, 0.1) is 5.02 Å². The predicted octanol–water partition coefficient (Wildman–Crippen LogP) is 4.14. The zero-order valence-corrected chi connectivity index (χ0v) is 12.7. The van der Waals surface area contributed by atoms with Crippen LogP contribution in [0.3, 0.4) is 0 Å². The van der Waals surface area contributed by atoms with Gasteiger partial charge in [0.1, 0.15) is 23.2 Å². The smallest absolute Gasteiger partial charge is 0.141 e. The minimum absolute atomic E-state index is 0.0818. The lowest BCUT2D eigenvalue weighted by Gasteiger charge is -2.11. The van der Waals surface area contributed by atoms with E-state index in [0.717, 1.165) is 24.4 Å². The molecule has 1 aromatic heterocycles. The van der Waals surface area contributed by atoms with E-state index >= 15 is 0 Å². The number of imidazole rings is 1. The number of halogens is 2. The number of hydrogen-bond donors (Lipinski definition) is 1. The van der Waals surface area contributed by atoms with Gasteiger partial charge < -0.3 is 10.3 Å². The first-order chi connectivity index (χ1) is 9.43. The van der Waals surface area contributed by atoms with Crippen LogP contribution in [0.4, 0.5) is 10.2 Å². The van der Waals surface area contributed by atoms with Crippen LogP contribution in [0.5, 0.6) is 0 Å². The maximum absolute atomic E-state index is 13.2. The van der Waals surface area contributed by atoms with Gasteiger partial charge in [-0.15, -0.1) is 0 Å². The van der Waals surface area contributed by atoms with Gasteiger partial charge in [0.25, 0.3) is 0 Å². The van der Waals surface area contributed by atoms with Crippen molar-refractivity contribution >= 4 is 17.4 Å². The first-order valence-corrected chi connectivity index (χ1v) is 7.12. The second-order valence-corrected chi connectivity index (χ2v) is 5.66. The quantitative estimate of drug-likeness (QED) is 0.921. The van der Waals surface area contributed by atoms with E-state index in [0.29, 0.717) is 17.4 Å². The number of rotatable bonds is 4. The van der Waals surface area contributed by atoms with Gasteiger partial charge in [-0.25, -0.2) is 9.37 Å². The number of nitrogens with two attached hydrogens (primary N) is 1. The SMILES string of the molecule is CCc1nc(-c2ccc(F)c(Cl)c2)c(N)n1CC(C)C. The molecule has 0 radical (unpaired) electrons. The van der Waals surface area contributed by atoms with E-state index in [1.54, 1.807) is 12.1 Å². The summed E-state index contributed by atoms with van der Waals surface area (Å²) >= 11 is 5.83. The van der Waals surface area contributed by atoms with Crippen LogP contribution in [0.1, 0.15) is 26.6 Å². The zero-order chi connectivity index (χ0) is 14.9. The molecule has 0 spiro atoms. The van der Waals surface area contributed by atoms with Crippen molar-refractivity contribution in [2.45, 2.75) is 33.7 Å². The third-order valence-corrected chi connectivity index (χ3v) is 3.43. The summed E-state index contributed by atoms with van der Waals surface area (Å²) < 4.78 is 15.3. The molecule has 0 saturated carbocycles. The zero-order valence-electron chi connectivity index (χ0n) is 12.0. The molecule has 0 unspecified atom stereocenters. The predicted molar refractivity (Wildman–Crippen MR) is 81.3 cm³/mol. The molecular formula is C15H19ClFN3. The topological polar surface area (TPSA) is 43.8 Å². The second kappa shape index (κ2) is 5.83. The Morgan fingerprint density at radius 2 is 2.10 bits per heavy atom. The summed E-state index contributed by atoms with van der Waals surface area (Å²) in [5, 5.41) is 0.0818. The van der Waals surface area contributed by atoms with Gasteiger partial charge in [0.2, 0.25) is 0 Å². The maximum atomic E-state index is 13.2. The van der Waals surface area contributed by atoms with E-state index in [-0.39, 0.29) is 5.02 Å². The molecular weight excluding hydrogens is 277 g/mol. The van der Waals surface area contributed by atoms with Gasteiger partial charge in [0, 0.05) is 18.5 Å². The molecule has 0 aliphatic heterocycles. The van der Waals surface area contributed by atoms with Gasteiger partial charge in [-0.2, -0.15) is 0 Å². The van der Waals surface area contributed by atoms with Gasteiger partial charge in [-0.05, 0) is 24.1 Å². The summed E-state index contributed by atoms with van der Waals surface area (Å²) in [4.78, 5) is 4.58. The van der Waals surface area contributed by atoms with Crippen LogP contribution in [0.25, 0.3) is 11.3 Å². The molecule has 1 aromatic carbocycles. The second-order valence-electron chi connectivity index (χ2n) is 5.25. The largest absolute Gasteiger partial charge is 0.383 e. The highest BCUT2D eigenvalue weighted by molar-refractivity contribution is 6.31. The van der Waals surface area contributed by atoms with E-state index in [1.807, 2.05) is 11.5 Å². The Hall–Kier alpha value is -1.55. The van der Waals surface area contributed by atoms with Crippen LogP contribution in [0, 0.1) is 11.7 Å². The average molecular weight is 296 g/mol. The minimum Gasteiger partial charge on any atom is -0.383 e. The third-order valence-electron chi connectivity index (χ3n) is 3.14. The molecule has 0 saturated heterocycles. The number of benzene rings is 1. The summed E-state index contributed by atoms with van der Waals surface area (Å²) in [6.07, 6.45) is 0.797. The Labute approximate surface area is 123 Å². The molecule has 0 aliphatic rings. The average Bonchev–Trinajstić information content (AvgIpc) is 2.70. The fourth-order valence-corrected chi connectivity index (χ4v) is 2.39. The molecule has 2 aromatic rings. The molecule has 0 fully saturated rings. The number of aryl methyl sites for hydroxylation is 1. The van der Waals surface area contributed by atoms with Crippen LogP contribution in [-0.4, -0.2) is 9.55 Å². The maximum Gasteiger partial charge on any atom is 0.141 e. The number of hydrogen-bond acceptors (Lipinski definition) is 2. The van der Waals surface area contributed by atoms with Crippen LogP contribution >= 0.6 is 11.6 Å². The van der Waals surface area contributed by atoms with Gasteiger partial charge in [-0.1, -0.05) is 32.4 Å². The molecule has 2 N–H and O–H groups in total. The van der Waals surface area contributed by atoms with E-state index in [1.165, 1.54) is 6.07 Å². The number of nitrogen functional groups attached to an aromatic ring is 1. The number of aromatic nitrogens is 2. The van der Waals surface area contributed by atoms with Crippen LogP contribution in [0.2, 0.25) is 5.02 Å². The highest BCUT2D eigenvalue weighted by atomic mass is 35.5. The molecule has 20 heavy (non-hydrogen) atoms. The van der Waals surface area contributed by atoms with Gasteiger partial charge >= 0.3 is 0 Å². The monoisotopic (exact) mass is 295 g/mol. The number of anilines is 1. The number of nitrogens with zero attached hydrogens (tertiary/aromatic N) is 2. The Bertz CT molecular complexity index is 620. The molecule has 5 heteroatoms. The van der Waals surface area contributed by atoms with Crippen molar-refractivity contribution in [3.63, 3.8) is 0 Å². The van der Waals surface area contributed by atoms with Crippen LogP contribution < -0.4 is 5.73 Å². The Balaban J connectivity index is 2.51. The van der Waals surface area contributed by atoms with Crippen LogP contribution in [-0.2, 0) is 13.0 Å². The lowest BCUT2D eigenvalue weighted by Crippen LogP contribution is -2.10. The van der Waals surface area contributed by atoms with Gasteiger partial charge in [-0.3, -0.25) is 0 Å². The molecule has 108 valence electrons. The normalized spacial score (nSPS) is 11.3. The van der Waals surface area contributed by atoms with Crippen molar-refractivity contribution in [3.8, 4) is 11.3 Å². The Kier molecular flexibility index (Phi) is 4.33. The molecule has 1 heterocycles. The Morgan fingerprint density at radius 3 is 2.65 bits per heavy atom. The highest BCUT2D eigenvalue weighted by Gasteiger charge is 2.16. The lowest BCUT2D eigenvalue weighted by molar-refractivity contribution is 0.513. The minimum atomic E-state index is -0.439. The van der Waals surface area contributed by atoms with Crippen molar-refractivity contribution in [1.29, 1.82) is 0 Å². The lowest BCUT2D eigenvalue weighted by atomic mass is 10.1. The molecule has 3 nitrogen and oxygen atoms in total. The fraction of sp³-hybridized carbons (Fsp3) is 0.400. The first-order valence-electron chi connectivity index (χ1n) is 6.74. The molecule has 2 rings (SSSR count). The van der Waals surface area contributed by atoms with Gasteiger partial charge in [0.15, 0.2) is 0 Å². The van der Waals surface area contributed by atoms with Crippen molar-refractivity contribution in [2.75, 3.05) is 5.73 Å². The summed E-state index contributed by atoms with van der Waals surface area (Å²) in [7, 11) is 0. The van der Waals surface area contributed by atoms with Crippen molar-refractivity contribution in [3.05, 3.63) is 34.9 Å². The summed E-state index contributed by atoms with van der Waals surface area (Å²) in [6, 6.07) is 4.55. The van der Waals surface area contributed by atoms with Crippen molar-refractivity contribution in [1.82, 2.24) is 9.55 Å². The highest BCUT2D eigenvalue weighted by Crippen LogP contribution is 2.30. The Morgan fingerprint density at radius 1 is 1.40 bits per heavy atom. The van der Waals surface area contributed by atoms with Crippen LogP contribution in [0.15, 0.2) is 18.2 Å². The fourth-order valence-electron chi connectivity index (χ4n) is 2.21. The standard InChI is InChI=1S/C15H19ClFN3/c1-4-13-19-14(15(18)20(13)8-9(2)3)10-5-6-12(17)11(16)7-10/h5-7,9H,4,8,18H2,1-3H3. The van der Waals surface area contributed by atoms with E-state index in [2.05, 4.69) is 18.8 Å².